The van der Waals surface area contributed by atoms with Gasteiger partial charge in [0.1, 0.15) is 5.54 Å². The Morgan fingerprint density at radius 2 is 1.66 bits per heavy atom. The standard InChI is InChI=1S/C24H26N2O3/c1-24(20-10-6-3-7-11-20)22(28)26(23(29)25-24)16-21(27)19-14-12-18(13-15-19)17-8-4-2-5-9-17/h3,6-7,10-15,17H,2,4-5,8-9,16H2,1H3,(H,25,29). The van der Waals surface area contributed by atoms with Crippen molar-refractivity contribution >= 4 is 17.7 Å². The quantitative estimate of drug-likeness (QED) is 0.608. The maximum Gasteiger partial charge on any atom is 0.325 e. The van der Waals surface area contributed by atoms with Crippen LogP contribution in [0.25, 0.3) is 0 Å². The number of nitrogens with one attached hydrogen (secondary N) is 1. The summed E-state index contributed by atoms with van der Waals surface area (Å²) >= 11 is 0. The second-order valence-electron chi connectivity index (χ2n) is 8.19. The molecule has 4 rings (SSSR count). The summed E-state index contributed by atoms with van der Waals surface area (Å²) in [5, 5.41) is 2.74. The smallest absolute Gasteiger partial charge is 0.319 e. The van der Waals surface area contributed by atoms with Crippen molar-refractivity contribution in [1.82, 2.24) is 10.2 Å². The summed E-state index contributed by atoms with van der Waals surface area (Å²) in [5.41, 5.74) is 1.35. The van der Waals surface area contributed by atoms with Crippen molar-refractivity contribution in [2.75, 3.05) is 6.54 Å². The van der Waals surface area contributed by atoms with Gasteiger partial charge in [0.05, 0.1) is 6.54 Å². The molecule has 2 aliphatic rings. The van der Waals surface area contributed by atoms with Gasteiger partial charge >= 0.3 is 6.03 Å². The van der Waals surface area contributed by atoms with Gasteiger partial charge in [0.15, 0.2) is 5.78 Å². The molecule has 1 aliphatic heterocycles. The number of urea groups is 1. The van der Waals surface area contributed by atoms with Crippen LogP contribution in [0.1, 0.15) is 66.4 Å². The van der Waals surface area contributed by atoms with Crippen molar-refractivity contribution in [3.63, 3.8) is 0 Å². The highest BCUT2D eigenvalue weighted by Crippen LogP contribution is 2.33. The molecule has 2 fully saturated rings. The molecular weight excluding hydrogens is 364 g/mol. The summed E-state index contributed by atoms with van der Waals surface area (Å²) in [7, 11) is 0. The van der Waals surface area contributed by atoms with Crippen LogP contribution < -0.4 is 5.32 Å². The zero-order valence-corrected chi connectivity index (χ0v) is 16.7. The normalized spacial score (nSPS) is 22.6. The number of ketones is 1. The average molecular weight is 390 g/mol. The van der Waals surface area contributed by atoms with E-state index in [1.54, 1.807) is 19.1 Å². The predicted octanol–water partition coefficient (Wildman–Crippen LogP) is 4.38. The molecule has 5 heteroatoms. The van der Waals surface area contributed by atoms with Crippen LogP contribution in [0.2, 0.25) is 0 Å². The van der Waals surface area contributed by atoms with E-state index in [0.717, 1.165) is 4.90 Å². The van der Waals surface area contributed by atoms with Crippen LogP contribution >= 0.6 is 0 Å². The van der Waals surface area contributed by atoms with E-state index in [1.165, 1.54) is 37.7 Å². The Balaban J connectivity index is 1.47. The number of carbonyl (C=O) groups excluding carboxylic acids is 3. The van der Waals surface area contributed by atoms with Crippen molar-refractivity contribution in [3.8, 4) is 0 Å². The third-order valence-electron chi connectivity index (χ3n) is 6.24. The van der Waals surface area contributed by atoms with Crippen LogP contribution in [0, 0.1) is 0 Å². The van der Waals surface area contributed by atoms with E-state index in [2.05, 4.69) is 5.32 Å². The van der Waals surface area contributed by atoms with Crippen LogP contribution in [0.15, 0.2) is 54.6 Å². The van der Waals surface area contributed by atoms with Gasteiger partial charge < -0.3 is 5.32 Å². The van der Waals surface area contributed by atoms with E-state index in [0.29, 0.717) is 17.0 Å². The molecular formula is C24H26N2O3. The topological polar surface area (TPSA) is 66.5 Å². The molecule has 1 unspecified atom stereocenters. The van der Waals surface area contributed by atoms with E-state index in [1.807, 2.05) is 42.5 Å². The first kappa shape index (κ1) is 19.4. The monoisotopic (exact) mass is 390 g/mol. The van der Waals surface area contributed by atoms with Crippen molar-refractivity contribution in [2.45, 2.75) is 50.5 Å². The summed E-state index contributed by atoms with van der Waals surface area (Å²) in [6, 6.07) is 16.2. The molecule has 1 heterocycles. The summed E-state index contributed by atoms with van der Waals surface area (Å²) in [6.45, 7) is 1.42. The summed E-state index contributed by atoms with van der Waals surface area (Å²) in [4.78, 5) is 39.2. The van der Waals surface area contributed by atoms with Gasteiger partial charge in [-0.1, -0.05) is 73.9 Å². The maximum atomic E-state index is 13.0. The molecule has 2 aromatic carbocycles. The minimum absolute atomic E-state index is 0.235. The lowest BCUT2D eigenvalue weighted by Gasteiger charge is -2.22. The number of nitrogens with zero attached hydrogens (tertiary/aromatic N) is 1. The Hall–Kier alpha value is -2.95. The van der Waals surface area contributed by atoms with E-state index in [4.69, 9.17) is 0 Å². The van der Waals surface area contributed by atoms with E-state index in [9.17, 15) is 14.4 Å². The van der Waals surface area contributed by atoms with Crippen LogP contribution in [-0.2, 0) is 10.3 Å². The first-order valence-corrected chi connectivity index (χ1v) is 10.3. The Morgan fingerprint density at radius 1 is 1.00 bits per heavy atom. The lowest BCUT2D eigenvalue weighted by Crippen LogP contribution is -2.41. The largest absolute Gasteiger partial charge is 0.325 e. The molecule has 3 amide bonds. The third kappa shape index (κ3) is 3.69. The Morgan fingerprint density at radius 3 is 2.31 bits per heavy atom. The van der Waals surface area contributed by atoms with E-state index >= 15 is 0 Å². The minimum atomic E-state index is -1.15. The fourth-order valence-corrected chi connectivity index (χ4v) is 4.42. The SMILES string of the molecule is CC1(c2ccccc2)NC(=O)N(CC(=O)c2ccc(C3CCCCC3)cc2)C1=O. The number of amides is 3. The van der Waals surface area contributed by atoms with Gasteiger partial charge in [-0.15, -0.1) is 0 Å². The lowest BCUT2D eigenvalue weighted by atomic mass is 9.84. The molecule has 1 saturated carbocycles. The summed E-state index contributed by atoms with van der Waals surface area (Å²) in [5.74, 6) is -0.0627. The third-order valence-corrected chi connectivity index (χ3v) is 6.24. The van der Waals surface area contributed by atoms with Gasteiger partial charge in [-0.3, -0.25) is 14.5 Å². The Labute approximate surface area is 171 Å². The fraction of sp³-hybridized carbons (Fsp3) is 0.375. The zero-order valence-electron chi connectivity index (χ0n) is 16.7. The lowest BCUT2D eigenvalue weighted by molar-refractivity contribution is -0.130. The molecule has 2 aromatic rings. The van der Waals surface area contributed by atoms with Gasteiger partial charge in [0.2, 0.25) is 0 Å². The predicted molar refractivity (Wildman–Crippen MR) is 111 cm³/mol. The Kier molecular flexibility index (Phi) is 5.22. The molecule has 1 atom stereocenters. The molecule has 0 spiro atoms. The van der Waals surface area contributed by atoms with Gasteiger partial charge in [-0.2, -0.15) is 0 Å². The zero-order chi connectivity index (χ0) is 20.4. The van der Waals surface area contributed by atoms with Crippen LogP contribution in [0.4, 0.5) is 4.79 Å². The first-order chi connectivity index (χ1) is 14.0. The number of carbonyl (C=O) groups is 3. The van der Waals surface area contributed by atoms with E-state index < -0.39 is 17.5 Å². The van der Waals surface area contributed by atoms with E-state index in [-0.39, 0.29) is 12.3 Å². The van der Waals surface area contributed by atoms with Crippen LogP contribution in [0.5, 0.6) is 0 Å². The molecule has 0 bridgehead atoms. The maximum absolute atomic E-state index is 13.0. The van der Waals surface area contributed by atoms with Crippen molar-refractivity contribution < 1.29 is 14.4 Å². The van der Waals surface area contributed by atoms with Crippen molar-refractivity contribution in [1.29, 1.82) is 0 Å². The van der Waals surface area contributed by atoms with Crippen LogP contribution in [0.3, 0.4) is 0 Å². The second kappa shape index (κ2) is 7.82. The molecule has 29 heavy (non-hydrogen) atoms. The van der Waals surface area contributed by atoms with Crippen LogP contribution in [-0.4, -0.2) is 29.2 Å². The number of hydrogen-bond acceptors (Lipinski definition) is 3. The molecule has 1 N–H and O–H groups in total. The number of Topliss-reactive ketones (excluding diaryl/α,β-unsaturated/α-hetero) is 1. The molecule has 0 radical (unpaired) electrons. The highest BCUT2D eigenvalue weighted by molar-refractivity contribution is 6.11. The first-order valence-electron chi connectivity index (χ1n) is 10.3. The van der Waals surface area contributed by atoms with Crippen molar-refractivity contribution in [3.05, 3.63) is 71.3 Å². The number of hydrogen-bond donors (Lipinski definition) is 1. The summed E-state index contributed by atoms with van der Waals surface area (Å²) < 4.78 is 0. The second-order valence-corrected chi connectivity index (χ2v) is 8.19. The Bertz CT molecular complexity index is 917. The van der Waals surface area contributed by atoms with Gasteiger partial charge in [-0.25, -0.2) is 4.79 Å². The highest BCUT2D eigenvalue weighted by Gasteiger charge is 2.49. The molecule has 0 aromatic heterocycles. The molecule has 5 nitrogen and oxygen atoms in total. The van der Waals surface area contributed by atoms with Crippen molar-refractivity contribution in [2.24, 2.45) is 0 Å². The molecule has 1 aliphatic carbocycles. The van der Waals surface area contributed by atoms with Gasteiger partial charge in [-0.05, 0) is 36.8 Å². The number of benzene rings is 2. The number of imide groups is 1. The van der Waals surface area contributed by atoms with Gasteiger partial charge in [0, 0.05) is 5.56 Å². The summed E-state index contributed by atoms with van der Waals surface area (Å²) in [6.07, 6.45) is 6.23. The minimum Gasteiger partial charge on any atom is -0.319 e. The average Bonchev–Trinajstić information content (AvgIpc) is 2.99. The van der Waals surface area contributed by atoms with Gasteiger partial charge in [0.25, 0.3) is 5.91 Å². The fourth-order valence-electron chi connectivity index (χ4n) is 4.42. The molecule has 150 valence electrons. The number of rotatable bonds is 5. The highest BCUT2D eigenvalue weighted by atomic mass is 16.2. The molecule has 1 saturated heterocycles.